The summed E-state index contributed by atoms with van der Waals surface area (Å²) in [6, 6.07) is 8.39. The first-order valence-electron chi connectivity index (χ1n) is 8.65. The fraction of sp³-hybridized carbons (Fsp3) is 0.421. The summed E-state index contributed by atoms with van der Waals surface area (Å²) < 4.78 is 25.1. The number of carbonyl (C=O) groups excluding carboxylic acids is 1. The molecule has 6 nitrogen and oxygen atoms in total. The van der Waals surface area contributed by atoms with Crippen LogP contribution in [-0.2, 0) is 16.0 Å². The standard InChI is InChI=1S/C19H20FN3O3/c20-16-5-3-7-22-18(16)26-13-19-11-23(9-14(19)10-25-12-19)17(24)8-15-4-1-2-6-21-15/h1-7,14H,8-13H2/t14-,19+/m1/s1. The smallest absolute Gasteiger partial charge is 0.250 e. The predicted molar refractivity (Wildman–Crippen MR) is 91.0 cm³/mol. The molecule has 1 amide bonds. The van der Waals surface area contributed by atoms with Gasteiger partial charge in [-0.3, -0.25) is 9.78 Å². The molecule has 0 radical (unpaired) electrons. The first-order valence-corrected chi connectivity index (χ1v) is 8.65. The van der Waals surface area contributed by atoms with E-state index in [2.05, 4.69) is 9.97 Å². The number of hydrogen-bond acceptors (Lipinski definition) is 5. The van der Waals surface area contributed by atoms with Crippen LogP contribution in [0, 0.1) is 17.2 Å². The highest BCUT2D eigenvalue weighted by Crippen LogP contribution is 2.41. The molecule has 26 heavy (non-hydrogen) atoms. The van der Waals surface area contributed by atoms with Crippen LogP contribution >= 0.6 is 0 Å². The van der Waals surface area contributed by atoms with E-state index in [-0.39, 0.29) is 36.1 Å². The average molecular weight is 357 g/mol. The lowest BCUT2D eigenvalue weighted by Gasteiger charge is -2.26. The van der Waals surface area contributed by atoms with Gasteiger partial charge in [0, 0.05) is 37.1 Å². The summed E-state index contributed by atoms with van der Waals surface area (Å²) in [5.41, 5.74) is 0.440. The van der Waals surface area contributed by atoms with Crippen molar-refractivity contribution in [2.45, 2.75) is 6.42 Å². The lowest BCUT2D eigenvalue weighted by molar-refractivity contribution is -0.130. The highest BCUT2D eigenvalue weighted by atomic mass is 19.1. The largest absolute Gasteiger partial charge is 0.475 e. The number of hydrogen-bond donors (Lipinski definition) is 0. The Hall–Kier alpha value is -2.54. The average Bonchev–Trinajstić information content (AvgIpc) is 3.19. The van der Waals surface area contributed by atoms with Gasteiger partial charge in [-0.25, -0.2) is 9.37 Å². The molecule has 2 aromatic heterocycles. The molecule has 0 aromatic carbocycles. The minimum Gasteiger partial charge on any atom is -0.475 e. The molecule has 2 atom stereocenters. The first-order chi connectivity index (χ1) is 12.7. The van der Waals surface area contributed by atoms with Crippen molar-refractivity contribution in [3.8, 4) is 5.88 Å². The van der Waals surface area contributed by atoms with Gasteiger partial charge in [0.15, 0.2) is 5.82 Å². The molecule has 7 heteroatoms. The van der Waals surface area contributed by atoms with Gasteiger partial charge in [-0.05, 0) is 24.3 Å². The Kier molecular flexibility index (Phi) is 4.55. The van der Waals surface area contributed by atoms with Gasteiger partial charge in [0.25, 0.3) is 0 Å². The summed E-state index contributed by atoms with van der Waals surface area (Å²) in [5.74, 6) is -0.269. The number of pyridine rings is 2. The molecule has 136 valence electrons. The van der Waals surface area contributed by atoms with Crippen LogP contribution in [0.5, 0.6) is 5.88 Å². The van der Waals surface area contributed by atoms with Crippen LogP contribution in [0.2, 0.25) is 0 Å². The van der Waals surface area contributed by atoms with Gasteiger partial charge in [0.1, 0.15) is 0 Å². The van der Waals surface area contributed by atoms with Crippen molar-refractivity contribution < 1.29 is 18.7 Å². The van der Waals surface area contributed by atoms with Crippen LogP contribution in [0.4, 0.5) is 4.39 Å². The Morgan fingerprint density at radius 1 is 1.31 bits per heavy atom. The van der Waals surface area contributed by atoms with E-state index in [0.717, 1.165) is 5.69 Å². The van der Waals surface area contributed by atoms with E-state index in [1.54, 1.807) is 6.20 Å². The van der Waals surface area contributed by atoms with Crippen molar-refractivity contribution in [2.24, 2.45) is 11.3 Å². The quantitative estimate of drug-likeness (QED) is 0.815. The third-order valence-electron chi connectivity index (χ3n) is 5.15. The monoisotopic (exact) mass is 357 g/mol. The molecule has 2 fully saturated rings. The SMILES string of the molecule is O=C(Cc1ccccn1)N1C[C@@H]2COC[C@]2(COc2ncccc2F)C1. The normalized spacial score (nSPS) is 24.5. The second-order valence-electron chi connectivity index (χ2n) is 6.93. The molecule has 2 aliphatic heterocycles. The van der Waals surface area contributed by atoms with Crippen LogP contribution in [0.15, 0.2) is 42.7 Å². The topological polar surface area (TPSA) is 64.6 Å². The highest BCUT2D eigenvalue weighted by Gasteiger charge is 2.52. The molecule has 0 spiro atoms. The summed E-state index contributed by atoms with van der Waals surface area (Å²) >= 11 is 0. The lowest BCUT2D eigenvalue weighted by atomic mass is 9.82. The Morgan fingerprint density at radius 2 is 2.19 bits per heavy atom. The zero-order chi connectivity index (χ0) is 18.0. The molecule has 0 saturated carbocycles. The van der Waals surface area contributed by atoms with Crippen molar-refractivity contribution in [2.75, 3.05) is 32.9 Å². The maximum atomic E-state index is 13.8. The maximum Gasteiger partial charge on any atom is 0.250 e. The van der Waals surface area contributed by atoms with Gasteiger partial charge in [0.05, 0.1) is 31.7 Å². The maximum absolute atomic E-state index is 13.8. The Labute approximate surface area is 151 Å². The molecule has 0 bridgehead atoms. The fourth-order valence-electron chi connectivity index (χ4n) is 3.68. The number of likely N-dealkylation sites (tertiary alicyclic amines) is 1. The van der Waals surface area contributed by atoms with E-state index in [1.165, 1.54) is 18.3 Å². The van der Waals surface area contributed by atoms with Crippen molar-refractivity contribution in [3.63, 3.8) is 0 Å². The van der Waals surface area contributed by atoms with Gasteiger partial charge >= 0.3 is 0 Å². The number of carbonyl (C=O) groups is 1. The van der Waals surface area contributed by atoms with Crippen LogP contribution in [0.25, 0.3) is 0 Å². The molecule has 2 saturated heterocycles. The Balaban J connectivity index is 1.43. The third kappa shape index (κ3) is 3.26. The van der Waals surface area contributed by atoms with Crippen LogP contribution < -0.4 is 4.74 Å². The molecule has 0 unspecified atom stereocenters. The van der Waals surface area contributed by atoms with Crippen molar-refractivity contribution in [3.05, 3.63) is 54.2 Å². The number of fused-ring (bicyclic) bond motifs is 1. The first kappa shape index (κ1) is 16.9. The second-order valence-corrected chi connectivity index (χ2v) is 6.93. The molecule has 0 N–H and O–H groups in total. The van der Waals surface area contributed by atoms with E-state index in [1.807, 2.05) is 23.1 Å². The number of amides is 1. The van der Waals surface area contributed by atoms with E-state index in [4.69, 9.17) is 9.47 Å². The number of rotatable bonds is 5. The minimum absolute atomic E-state index is 0.00853. The zero-order valence-electron chi connectivity index (χ0n) is 14.3. The van der Waals surface area contributed by atoms with Gasteiger partial charge in [-0.1, -0.05) is 6.07 Å². The van der Waals surface area contributed by atoms with Crippen molar-refractivity contribution in [1.82, 2.24) is 14.9 Å². The summed E-state index contributed by atoms with van der Waals surface area (Å²) in [4.78, 5) is 22.6. The molecule has 0 aliphatic carbocycles. The fourth-order valence-corrected chi connectivity index (χ4v) is 3.68. The minimum atomic E-state index is -0.486. The van der Waals surface area contributed by atoms with Gasteiger partial charge in [-0.2, -0.15) is 0 Å². The van der Waals surface area contributed by atoms with E-state index < -0.39 is 5.82 Å². The Morgan fingerprint density at radius 3 is 3.00 bits per heavy atom. The lowest BCUT2D eigenvalue weighted by Crippen LogP contribution is -2.38. The predicted octanol–water partition coefficient (Wildman–Crippen LogP) is 1.71. The molecular weight excluding hydrogens is 337 g/mol. The van der Waals surface area contributed by atoms with E-state index in [0.29, 0.717) is 26.3 Å². The number of nitrogens with zero attached hydrogens (tertiary/aromatic N) is 3. The van der Waals surface area contributed by atoms with Crippen LogP contribution in [0.1, 0.15) is 5.69 Å². The van der Waals surface area contributed by atoms with Crippen molar-refractivity contribution >= 4 is 5.91 Å². The number of ether oxygens (including phenoxy) is 2. The summed E-state index contributed by atoms with van der Waals surface area (Å²) in [6.45, 7) is 2.53. The van der Waals surface area contributed by atoms with E-state index >= 15 is 0 Å². The highest BCUT2D eigenvalue weighted by molar-refractivity contribution is 5.78. The van der Waals surface area contributed by atoms with Crippen LogP contribution in [-0.4, -0.2) is 53.7 Å². The third-order valence-corrected chi connectivity index (χ3v) is 5.15. The summed E-state index contributed by atoms with van der Waals surface area (Å²) in [6.07, 6.45) is 3.46. The van der Waals surface area contributed by atoms with Crippen LogP contribution in [0.3, 0.4) is 0 Å². The molecule has 4 heterocycles. The number of aromatic nitrogens is 2. The van der Waals surface area contributed by atoms with Crippen molar-refractivity contribution in [1.29, 1.82) is 0 Å². The summed E-state index contributed by atoms with van der Waals surface area (Å²) in [7, 11) is 0. The van der Waals surface area contributed by atoms with Gasteiger partial charge in [-0.15, -0.1) is 0 Å². The molecule has 4 rings (SSSR count). The second kappa shape index (κ2) is 6.99. The molecule has 2 aromatic rings. The number of halogens is 1. The molecular formula is C19H20FN3O3. The zero-order valence-corrected chi connectivity index (χ0v) is 14.3. The van der Waals surface area contributed by atoms with E-state index in [9.17, 15) is 9.18 Å². The Bertz CT molecular complexity index is 789. The molecule has 2 aliphatic rings. The summed E-state index contributed by atoms with van der Waals surface area (Å²) in [5, 5.41) is 0. The van der Waals surface area contributed by atoms with Gasteiger partial charge < -0.3 is 14.4 Å². The van der Waals surface area contributed by atoms with Gasteiger partial charge in [0.2, 0.25) is 11.8 Å².